The first-order chi connectivity index (χ1) is 39.8. The number of esters is 1. The molecule has 0 saturated carbocycles. The summed E-state index contributed by atoms with van der Waals surface area (Å²) in [4.78, 5) is 119. The molecule has 0 fully saturated rings. The van der Waals surface area contributed by atoms with Gasteiger partial charge in [-0.3, -0.25) is 28.8 Å². The lowest BCUT2D eigenvalue weighted by Crippen LogP contribution is -2.54. The van der Waals surface area contributed by atoms with Gasteiger partial charge in [-0.25, -0.2) is 14.4 Å². The fraction of sp³-hybridized carbons (Fsp3) is 0.262. The lowest BCUT2D eigenvalue weighted by Gasteiger charge is -2.36. The number of rotatable bonds is 30. The molecule has 6 rings (SSSR count). The van der Waals surface area contributed by atoms with E-state index in [1.54, 1.807) is 54.6 Å². The van der Waals surface area contributed by atoms with Crippen LogP contribution < -0.4 is 37.2 Å². The van der Waals surface area contributed by atoms with Crippen molar-refractivity contribution in [2.75, 3.05) is 44.8 Å². The zero-order valence-electron chi connectivity index (χ0n) is 45.0. The first-order valence-corrected chi connectivity index (χ1v) is 28.2. The Bertz CT molecular complexity index is 2930. The summed E-state index contributed by atoms with van der Waals surface area (Å²) in [7, 11) is 1.13. The van der Waals surface area contributed by atoms with Gasteiger partial charge < -0.3 is 51.4 Å². The summed E-state index contributed by atoms with van der Waals surface area (Å²) < 4.78 is 14.7. The minimum atomic E-state index is -1.27. The van der Waals surface area contributed by atoms with Gasteiger partial charge in [0.2, 0.25) is 34.7 Å². The standard InChI is InChI=1S/C61H65N7O12S2/c1-78-57(74)51(41-81-58(75)45-26-12-4-13-27-45)67-53(70)37-63-52(69)36-64-55(72)49(34-20-21-35-62-59(76)79-39-43-22-8-2-9-23-43)66-54(71)38-65-56(73)50(68-60(77)80-40-44-24-10-3-11-25-44)42-82-61(46-28-14-5-15-29-46,47-30-16-6-17-31-47)48-32-18-7-19-33-48/h2-19,22-33,49-51H,20-21,34-42H2,1H3,(H,62,76)(H,63,69)(H,64,72)(H,65,73)(H,66,71)(H,67,70)(H,68,77)/t49-,50-,51-/m0/s1. The Hall–Kier alpha value is -8.95. The summed E-state index contributed by atoms with van der Waals surface area (Å²) in [6.45, 7) is -1.73. The fourth-order valence-electron chi connectivity index (χ4n) is 8.21. The van der Waals surface area contributed by atoms with E-state index in [0.29, 0.717) is 12.0 Å². The lowest BCUT2D eigenvalue weighted by atomic mass is 9.84. The van der Waals surface area contributed by atoms with Gasteiger partial charge >= 0.3 is 18.2 Å². The maximum Gasteiger partial charge on any atom is 0.408 e. The molecule has 3 atom stereocenters. The molecule has 7 amide bonds. The summed E-state index contributed by atoms with van der Waals surface area (Å²) in [6.07, 6.45) is -0.880. The van der Waals surface area contributed by atoms with E-state index in [1.165, 1.54) is 11.8 Å². The predicted octanol–water partition coefficient (Wildman–Crippen LogP) is 6.17. The number of benzene rings is 6. The molecule has 6 aromatic carbocycles. The number of ether oxygens (including phenoxy) is 3. The molecule has 19 nitrogen and oxygen atoms in total. The third-order valence-electron chi connectivity index (χ3n) is 12.4. The van der Waals surface area contributed by atoms with E-state index < -0.39 is 90.2 Å². The molecule has 0 saturated heterocycles. The van der Waals surface area contributed by atoms with Crippen molar-refractivity contribution in [3.63, 3.8) is 0 Å². The zero-order chi connectivity index (χ0) is 58.4. The van der Waals surface area contributed by atoms with Crippen molar-refractivity contribution in [1.82, 2.24) is 37.2 Å². The predicted molar refractivity (Wildman–Crippen MR) is 312 cm³/mol. The molecule has 428 valence electrons. The average molecular weight is 1150 g/mol. The molecule has 82 heavy (non-hydrogen) atoms. The molecule has 0 heterocycles. The van der Waals surface area contributed by atoms with Crippen molar-refractivity contribution in [3.05, 3.63) is 215 Å². The third-order valence-corrected chi connectivity index (χ3v) is 15.0. The summed E-state index contributed by atoms with van der Waals surface area (Å²) >= 11 is 2.20. The highest BCUT2D eigenvalue weighted by atomic mass is 32.2. The van der Waals surface area contributed by atoms with E-state index >= 15 is 0 Å². The second-order valence-corrected chi connectivity index (χ2v) is 20.5. The van der Waals surface area contributed by atoms with Gasteiger partial charge in [0.05, 0.1) is 31.5 Å². The molecule has 0 unspecified atom stereocenters. The topological polar surface area (TPSA) is 266 Å². The van der Waals surface area contributed by atoms with Crippen molar-refractivity contribution >= 4 is 76.3 Å². The first-order valence-electron chi connectivity index (χ1n) is 26.3. The van der Waals surface area contributed by atoms with E-state index in [-0.39, 0.29) is 49.2 Å². The van der Waals surface area contributed by atoms with Gasteiger partial charge in [-0.15, -0.1) is 11.8 Å². The number of unbranched alkanes of at least 4 members (excludes halogenated alkanes) is 1. The number of hydrogen-bond donors (Lipinski definition) is 7. The number of amides is 7. The number of carbonyl (C=O) groups excluding carboxylic acids is 9. The molecular formula is C61H65N7O12S2. The number of carbonyl (C=O) groups is 9. The van der Waals surface area contributed by atoms with Crippen LogP contribution in [0.3, 0.4) is 0 Å². The van der Waals surface area contributed by atoms with Crippen LogP contribution in [0.25, 0.3) is 0 Å². The lowest BCUT2D eigenvalue weighted by molar-refractivity contribution is -0.144. The van der Waals surface area contributed by atoms with E-state index in [0.717, 1.165) is 46.7 Å². The van der Waals surface area contributed by atoms with Gasteiger partial charge in [0.1, 0.15) is 31.3 Å². The third kappa shape index (κ3) is 20.3. The summed E-state index contributed by atoms with van der Waals surface area (Å²) in [5.41, 5.74) is 4.63. The molecule has 0 aliphatic rings. The fourth-order valence-corrected chi connectivity index (χ4v) is 10.6. The van der Waals surface area contributed by atoms with E-state index in [1.807, 2.05) is 127 Å². The highest BCUT2D eigenvalue weighted by Crippen LogP contribution is 2.48. The highest BCUT2D eigenvalue weighted by Gasteiger charge is 2.39. The average Bonchev–Trinajstić information content (AvgIpc) is 2.72. The molecule has 0 radical (unpaired) electrons. The van der Waals surface area contributed by atoms with Gasteiger partial charge in [0, 0.05) is 23.6 Å². The van der Waals surface area contributed by atoms with Crippen LogP contribution in [-0.2, 0) is 60.9 Å². The van der Waals surface area contributed by atoms with Gasteiger partial charge in [-0.1, -0.05) is 194 Å². The second-order valence-electron chi connectivity index (χ2n) is 18.3. The molecule has 0 aliphatic carbocycles. The maximum atomic E-state index is 14.3. The normalized spacial score (nSPS) is 11.9. The van der Waals surface area contributed by atoms with Crippen molar-refractivity contribution in [1.29, 1.82) is 0 Å². The molecule has 6 aromatic rings. The van der Waals surface area contributed by atoms with Crippen molar-refractivity contribution in [2.45, 2.75) is 55.3 Å². The highest BCUT2D eigenvalue weighted by molar-refractivity contribution is 8.14. The Labute approximate surface area is 484 Å². The number of nitrogens with one attached hydrogen (secondary N) is 7. The summed E-state index contributed by atoms with van der Waals surface area (Å²) in [6, 6.07) is 52.0. The van der Waals surface area contributed by atoms with Gasteiger partial charge in [-0.2, -0.15) is 0 Å². The monoisotopic (exact) mass is 1150 g/mol. The van der Waals surface area contributed by atoms with Crippen LogP contribution in [-0.4, -0.2) is 116 Å². The zero-order valence-corrected chi connectivity index (χ0v) is 46.7. The van der Waals surface area contributed by atoms with E-state index in [2.05, 4.69) is 37.2 Å². The number of thioether (sulfide) groups is 2. The van der Waals surface area contributed by atoms with Crippen LogP contribution in [0.1, 0.15) is 57.4 Å². The van der Waals surface area contributed by atoms with E-state index in [4.69, 9.17) is 14.2 Å². The smallest absolute Gasteiger partial charge is 0.408 e. The molecule has 0 spiro atoms. The first kappa shape index (κ1) is 62.3. The Balaban J connectivity index is 1.10. The van der Waals surface area contributed by atoms with Crippen molar-refractivity contribution in [3.8, 4) is 0 Å². The van der Waals surface area contributed by atoms with Gasteiger partial charge in [0.25, 0.3) is 0 Å². The summed E-state index contributed by atoms with van der Waals surface area (Å²) in [5.74, 6) is -4.85. The van der Waals surface area contributed by atoms with Crippen LogP contribution >= 0.6 is 23.5 Å². The molecule has 0 aliphatic heterocycles. The number of methoxy groups -OCH3 is 1. The van der Waals surface area contributed by atoms with Crippen LogP contribution in [0.2, 0.25) is 0 Å². The number of alkyl carbamates (subject to hydrolysis) is 2. The van der Waals surface area contributed by atoms with Crippen LogP contribution in [0.5, 0.6) is 0 Å². The van der Waals surface area contributed by atoms with Crippen LogP contribution in [0, 0.1) is 0 Å². The molecular weight excluding hydrogens is 1090 g/mol. The SMILES string of the molecule is COC(=O)[C@H](CSC(=O)c1ccccc1)NC(=O)CNC(=O)CNC(=O)[C@H](CCCCNC(=O)OCc1ccccc1)NC(=O)CNC(=O)[C@H](CSC(c1ccccc1)(c1ccccc1)c1ccccc1)NC(=O)OCc1ccccc1. The van der Waals surface area contributed by atoms with Gasteiger partial charge in [-0.05, 0) is 47.1 Å². The molecule has 21 heteroatoms. The van der Waals surface area contributed by atoms with Gasteiger partial charge in [0.15, 0.2) is 0 Å². The van der Waals surface area contributed by atoms with Crippen molar-refractivity contribution in [2.24, 2.45) is 0 Å². The second kappa shape index (κ2) is 33.6. The van der Waals surface area contributed by atoms with Crippen LogP contribution in [0.15, 0.2) is 182 Å². The largest absolute Gasteiger partial charge is 0.467 e. The Morgan fingerprint density at radius 3 is 1.40 bits per heavy atom. The minimum Gasteiger partial charge on any atom is -0.467 e. The summed E-state index contributed by atoms with van der Waals surface area (Å²) in [5, 5.41) is 17.6. The maximum absolute atomic E-state index is 14.3. The molecule has 0 aromatic heterocycles. The molecule has 0 bridgehead atoms. The molecule has 7 N–H and O–H groups in total. The minimum absolute atomic E-state index is 0.0180. The Morgan fingerprint density at radius 1 is 0.451 bits per heavy atom. The Morgan fingerprint density at radius 2 is 0.890 bits per heavy atom. The van der Waals surface area contributed by atoms with E-state index in [9.17, 15) is 43.2 Å². The number of hydrogen-bond acceptors (Lipinski definition) is 14. The quantitative estimate of drug-likeness (QED) is 0.0115. The van der Waals surface area contributed by atoms with Crippen molar-refractivity contribution < 1.29 is 57.4 Å². The van der Waals surface area contributed by atoms with Crippen LogP contribution in [0.4, 0.5) is 9.59 Å². The Kier molecular flexibility index (Phi) is 25.5.